The fourth-order valence-electron chi connectivity index (χ4n) is 2.14. The normalized spacial score (nSPS) is 10.4. The lowest BCUT2D eigenvalue weighted by Crippen LogP contribution is -2.11. The van der Waals surface area contributed by atoms with Crippen LogP contribution in [0.2, 0.25) is 0 Å². The Bertz CT molecular complexity index is 952. The van der Waals surface area contributed by atoms with Gasteiger partial charge >= 0.3 is 0 Å². The Morgan fingerprint density at radius 3 is 1.61 bits per heavy atom. The van der Waals surface area contributed by atoms with E-state index in [-0.39, 0.29) is 17.6 Å². The molecule has 0 heterocycles. The maximum absolute atomic E-state index is 12.3. The first-order valence-corrected chi connectivity index (χ1v) is 8.62. The van der Waals surface area contributed by atoms with Gasteiger partial charge in [-0.05, 0) is 61.9 Å². The van der Waals surface area contributed by atoms with Crippen LogP contribution in [-0.2, 0) is 9.59 Å². The highest BCUT2D eigenvalue weighted by molar-refractivity contribution is 6.07. The van der Waals surface area contributed by atoms with Crippen LogP contribution in [0.5, 0.6) is 0 Å². The largest absolute Gasteiger partial charge is 0.322 e. The predicted molar refractivity (Wildman–Crippen MR) is 113 cm³/mol. The molecule has 0 saturated heterocycles. The van der Waals surface area contributed by atoms with Crippen molar-refractivity contribution in [2.75, 3.05) is 10.6 Å². The van der Waals surface area contributed by atoms with Crippen molar-refractivity contribution in [2.45, 2.75) is 13.8 Å². The lowest BCUT2D eigenvalue weighted by Gasteiger charge is -2.05. The summed E-state index contributed by atoms with van der Waals surface area (Å²) < 4.78 is 0. The van der Waals surface area contributed by atoms with Crippen molar-refractivity contribution in [3.8, 4) is 0 Å². The summed E-state index contributed by atoms with van der Waals surface area (Å²) in [5, 5.41) is 5.41. The molecular formula is C23H22N2O3. The van der Waals surface area contributed by atoms with E-state index in [0.29, 0.717) is 28.1 Å². The molecule has 0 bridgehead atoms. The van der Waals surface area contributed by atoms with Gasteiger partial charge < -0.3 is 10.6 Å². The zero-order valence-corrected chi connectivity index (χ0v) is 15.9. The van der Waals surface area contributed by atoms with Crippen LogP contribution in [0.4, 0.5) is 11.4 Å². The molecule has 0 spiro atoms. The fraction of sp³-hybridized carbons (Fsp3) is 0.0870. The summed E-state index contributed by atoms with van der Waals surface area (Å²) in [6.07, 6.45) is 3.17. The SMILES string of the molecule is C=C(C)C(=O)Nc1ccc(/C=C/C(=O)c2ccc(NC(=O)C(=C)C)cc2)cc1. The van der Waals surface area contributed by atoms with Gasteiger partial charge in [0.05, 0.1) is 0 Å². The highest BCUT2D eigenvalue weighted by Gasteiger charge is 2.05. The van der Waals surface area contributed by atoms with Crippen molar-refractivity contribution >= 4 is 35.0 Å². The van der Waals surface area contributed by atoms with Crippen molar-refractivity contribution in [1.29, 1.82) is 0 Å². The molecule has 2 N–H and O–H groups in total. The summed E-state index contributed by atoms with van der Waals surface area (Å²) in [5.41, 5.74) is 3.43. The quantitative estimate of drug-likeness (QED) is 0.549. The highest BCUT2D eigenvalue weighted by atomic mass is 16.2. The minimum atomic E-state index is -0.262. The minimum Gasteiger partial charge on any atom is -0.322 e. The number of ketones is 1. The smallest absolute Gasteiger partial charge is 0.250 e. The van der Waals surface area contributed by atoms with Gasteiger partial charge in [0, 0.05) is 28.1 Å². The number of rotatable bonds is 7. The lowest BCUT2D eigenvalue weighted by atomic mass is 10.1. The van der Waals surface area contributed by atoms with Crippen LogP contribution in [0.15, 0.2) is 78.9 Å². The van der Waals surface area contributed by atoms with Gasteiger partial charge in [-0.2, -0.15) is 0 Å². The van der Waals surface area contributed by atoms with Gasteiger partial charge in [0.15, 0.2) is 5.78 Å². The third-order valence-corrected chi connectivity index (χ3v) is 3.80. The topological polar surface area (TPSA) is 75.3 Å². The molecule has 5 nitrogen and oxygen atoms in total. The first-order chi connectivity index (χ1) is 13.3. The molecule has 0 saturated carbocycles. The summed E-state index contributed by atoms with van der Waals surface area (Å²) >= 11 is 0. The number of amides is 2. The monoisotopic (exact) mass is 374 g/mol. The number of anilines is 2. The van der Waals surface area contributed by atoms with Gasteiger partial charge in [-0.3, -0.25) is 14.4 Å². The molecule has 2 aromatic carbocycles. The maximum atomic E-state index is 12.3. The summed E-state index contributed by atoms with van der Waals surface area (Å²) in [6.45, 7) is 10.4. The van der Waals surface area contributed by atoms with Gasteiger partial charge in [-0.25, -0.2) is 0 Å². The van der Waals surface area contributed by atoms with E-state index in [1.54, 1.807) is 68.5 Å². The molecule has 0 aromatic heterocycles. The van der Waals surface area contributed by atoms with Gasteiger partial charge in [0.25, 0.3) is 11.8 Å². The molecule has 0 atom stereocenters. The zero-order chi connectivity index (χ0) is 20.7. The Kier molecular flexibility index (Phi) is 6.82. The van der Waals surface area contributed by atoms with Crippen molar-refractivity contribution in [2.24, 2.45) is 0 Å². The van der Waals surface area contributed by atoms with E-state index in [9.17, 15) is 14.4 Å². The Balaban J connectivity index is 1.99. The second-order valence-electron chi connectivity index (χ2n) is 6.37. The fourth-order valence-corrected chi connectivity index (χ4v) is 2.14. The van der Waals surface area contributed by atoms with Crippen molar-refractivity contribution in [1.82, 2.24) is 0 Å². The van der Waals surface area contributed by atoms with Gasteiger partial charge in [0.2, 0.25) is 0 Å². The third kappa shape index (κ3) is 5.92. The van der Waals surface area contributed by atoms with E-state index in [0.717, 1.165) is 5.56 Å². The van der Waals surface area contributed by atoms with Crippen LogP contribution >= 0.6 is 0 Å². The summed E-state index contributed by atoms with van der Waals surface area (Å²) in [4.78, 5) is 35.5. The second-order valence-corrected chi connectivity index (χ2v) is 6.37. The van der Waals surface area contributed by atoms with E-state index in [4.69, 9.17) is 0 Å². The molecule has 0 fully saturated rings. The Hall–Kier alpha value is -3.73. The molecule has 5 heteroatoms. The van der Waals surface area contributed by atoms with Gasteiger partial charge in [-0.15, -0.1) is 0 Å². The molecule has 0 aliphatic heterocycles. The van der Waals surface area contributed by atoms with E-state index in [1.165, 1.54) is 6.08 Å². The second kappa shape index (κ2) is 9.28. The zero-order valence-electron chi connectivity index (χ0n) is 15.9. The van der Waals surface area contributed by atoms with Crippen LogP contribution in [0.1, 0.15) is 29.8 Å². The Morgan fingerprint density at radius 1 is 0.750 bits per heavy atom. The Labute approximate surface area is 164 Å². The van der Waals surface area contributed by atoms with E-state index in [1.807, 2.05) is 0 Å². The highest BCUT2D eigenvalue weighted by Crippen LogP contribution is 2.14. The molecule has 142 valence electrons. The van der Waals surface area contributed by atoms with Gasteiger partial charge in [0.1, 0.15) is 0 Å². The van der Waals surface area contributed by atoms with Crippen molar-refractivity contribution < 1.29 is 14.4 Å². The standard InChI is InChI=1S/C23H22N2O3/c1-15(2)22(27)24-19-10-5-17(6-11-19)7-14-21(26)18-8-12-20(13-9-18)25-23(28)16(3)4/h5-14H,1,3H2,2,4H3,(H,24,27)(H,25,28)/b14-7+. The number of carbonyl (C=O) groups is 3. The van der Waals surface area contributed by atoms with Crippen LogP contribution in [-0.4, -0.2) is 17.6 Å². The van der Waals surface area contributed by atoms with E-state index >= 15 is 0 Å². The summed E-state index contributed by atoms with van der Waals surface area (Å²) in [6, 6.07) is 13.7. The number of nitrogens with one attached hydrogen (secondary N) is 2. The van der Waals surface area contributed by atoms with Crippen molar-refractivity contribution in [3.05, 3.63) is 90.0 Å². The minimum absolute atomic E-state index is 0.155. The molecule has 2 rings (SSSR count). The Morgan fingerprint density at radius 2 is 1.18 bits per heavy atom. The molecule has 2 amide bonds. The number of hydrogen-bond acceptors (Lipinski definition) is 3. The van der Waals surface area contributed by atoms with E-state index in [2.05, 4.69) is 23.8 Å². The lowest BCUT2D eigenvalue weighted by molar-refractivity contribution is -0.113. The van der Waals surface area contributed by atoms with E-state index < -0.39 is 0 Å². The molecule has 0 unspecified atom stereocenters. The molecule has 0 aliphatic carbocycles. The number of benzene rings is 2. The van der Waals surface area contributed by atoms with Crippen LogP contribution < -0.4 is 10.6 Å². The van der Waals surface area contributed by atoms with Crippen LogP contribution in [0.3, 0.4) is 0 Å². The average molecular weight is 374 g/mol. The van der Waals surface area contributed by atoms with Crippen molar-refractivity contribution in [3.63, 3.8) is 0 Å². The third-order valence-electron chi connectivity index (χ3n) is 3.80. The molecule has 0 radical (unpaired) electrons. The average Bonchev–Trinajstić information content (AvgIpc) is 2.67. The molecule has 28 heavy (non-hydrogen) atoms. The number of hydrogen-bond donors (Lipinski definition) is 2. The van der Waals surface area contributed by atoms with Gasteiger partial charge in [-0.1, -0.05) is 31.4 Å². The first kappa shape index (κ1) is 20.6. The molecular weight excluding hydrogens is 352 g/mol. The molecule has 0 aliphatic rings. The summed E-state index contributed by atoms with van der Waals surface area (Å²) in [5.74, 6) is -0.652. The molecule has 2 aromatic rings. The summed E-state index contributed by atoms with van der Waals surface area (Å²) in [7, 11) is 0. The van der Waals surface area contributed by atoms with Crippen LogP contribution in [0.25, 0.3) is 6.08 Å². The first-order valence-electron chi connectivity index (χ1n) is 8.62. The maximum Gasteiger partial charge on any atom is 0.250 e. The van der Waals surface area contributed by atoms with Crippen LogP contribution in [0, 0.1) is 0 Å². The predicted octanol–water partition coefficient (Wildman–Crippen LogP) is 4.61. The number of allylic oxidation sites excluding steroid dienone is 1. The number of carbonyl (C=O) groups excluding carboxylic acids is 3.